The molecule has 0 unspecified atom stereocenters. The van der Waals surface area contributed by atoms with Crippen molar-refractivity contribution in [3.8, 4) is 0 Å². The van der Waals surface area contributed by atoms with Gasteiger partial charge >= 0.3 is 5.97 Å². The van der Waals surface area contributed by atoms with Crippen LogP contribution in [-0.4, -0.2) is 50.3 Å². The van der Waals surface area contributed by atoms with E-state index in [0.717, 1.165) is 6.54 Å². The smallest absolute Gasteiger partial charge is 0.333 e. The van der Waals surface area contributed by atoms with Crippen molar-refractivity contribution >= 4 is 5.97 Å². The van der Waals surface area contributed by atoms with Gasteiger partial charge < -0.3 is 14.4 Å². The first kappa shape index (κ1) is 14.2. The fraction of sp³-hybridized carbons (Fsp3) is 0.769. The van der Waals surface area contributed by atoms with Crippen molar-refractivity contribution < 1.29 is 14.3 Å². The van der Waals surface area contributed by atoms with E-state index in [1.165, 1.54) is 32.4 Å². The van der Waals surface area contributed by atoms with Crippen molar-refractivity contribution in [2.45, 2.75) is 26.2 Å². The Hall–Kier alpha value is -0.870. The molecule has 4 heteroatoms. The van der Waals surface area contributed by atoms with Crippen molar-refractivity contribution in [2.75, 3.05) is 39.5 Å². The first-order valence-corrected chi connectivity index (χ1v) is 6.33. The number of ether oxygens (including phenoxy) is 2. The minimum atomic E-state index is -0.343. The minimum absolute atomic E-state index is 0.311. The van der Waals surface area contributed by atoms with E-state index in [1.807, 2.05) is 0 Å². The molecule has 0 spiro atoms. The molecule has 1 saturated heterocycles. The topological polar surface area (TPSA) is 38.8 Å². The minimum Gasteiger partial charge on any atom is -0.460 e. The molecular formula is C13H23NO3. The molecule has 0 bridgehead atoms. The number of rotatable bonds is 7. The number of piperidine rings is 1. The Morgan fingerprint density at radius 1 is 1.18 bits per heavy atom. The van der Waals surface area contributed by atoms with Crippen molar-refractivity contribution in [1.82, 2.24) is 4.90 Å². The van der Waals surface area contributed by atoms with Crippen LogP contribution in [0, 0.1) is 0 Å². The van der Waals surface area contributed by atoms with Gasteiger partial charge in [0.1, 0.15) is 6.61 Å². The monoisotopic (exact) mass is 241 g/mol. The predicted octanol–water partition coefficient (Wildman–Crippen LogP) is 1.61. The van der Waals surface area contributed by atoms with Gasteiger partial charge in [-0.15, -0.1) is 0 Å². The molecule has 0 radical (unpaired) electrons. The van der Waals surface area contributed by atoms with Gasteiger partial charge in [0.05, 0.1) is 13.2 Å². The van der Waals surface area contributed by atoms with E-state index < -0.39 is 0 Å². The van der Waals surface area contributed by atoms with E-state index in [4.69, 9.17) is 9.47 Å². The van der Waals surface area contributed by atoms with Crippen molar-refractivity contribution in [3.05, 3.63) is 12.2 Å². The molecule has 0 amide bonds. The van der Waals surface area contributed by atoms with Crippen LogP contribution in [0.15, 0.2) is 12.2 Å². The molecule has 0 aromatic carbocycles. The Balaban J connectivity index is 1.90. The van der Waals surface area contributed by atoms with Gasteiger partial charge in [0.15, 0.2) is 0 Å². The summed E-state index contributed by atoms with van der Waals surface area (Å²) in [6, 6.07) is 0. The van der Waals surface area contributed by atoms with Crippen LogP contribution in [0.2, 0.25) is 0 Å². The standard InChI is InChI=1S/C13H23NO3/c1-12(2)13(15)17-11-10-16-9-8-14-6-4-3-5-7-14/h1,3-11H2,2H3. The predicted molar refractivity (Wildman–Crippen MR) is 66.9 cm³/mol. The number of hydrogen-bond acceptors (Lipinski definition) is 4. The van der Waals surface area contributed by atoms with E-state index in [-0.39, 0.29) is 5.97 Å². The van der Waals surface area contributed by atoms with E-state index in [9.17, 15) is 4.79 Å². The molecule has 0 aromatic heterocycles. The Morgan fingerprint density at radius 2 is 1.88 bits per heavy atom. The summed E-state index contributed by atoms with van der Waals surface area (Å²) in [6.07, 6.45) is 3.96. The largest absolute Gasteiger partial charge is 0.460 e. The Labute approximate surface area is 104 Å². The third-order valence-corrected chi connectivity index (χ3v) is 2.81. The highest BCUT2D eigenvalue weighted by Gasteiger charge is 2.09. The average Bonchev–Trinajstić information content (AvgIpc) is 2.34. The van der Waals surface area contributed by atoms with Gasteiger partial charge in [-0.3, -0.25) is 0 Å². The Kier molecular flexibility index (Phi) is 6.89. The average molecular weight is 241 g/mol. The lowest BCUT2D eigenvalue weighted by Crippen LogP contribution is -2.32. The summed E-state index contributed by atoms with van der Waals surface area (Å²) in [6.45, 7) is 9.99. The molecule has 4 nitrogen and oxygen atoms in total. The second kappa shape index (κ2) is 8.25. The molecule has 0 N–H and O–H groups in total. The highest BCUT2D eigenvalue weighted by Crippen LogP contribution is 2.07. The molecular weight excluding hydrogens is 218 g/mol. The molecule has 17 heavy (non-hydrogen) atoms. The number of carbonyl (C=O) groups is 1. The van der Waals surface area contributed by atoms with E-state index in [0.29, 0.717) is 25.4 Å². The van der Waals surface area contributed by atoms with E-state index in [2.05, 4.69) is 11.5 Å². The summed E-state index contributed by atoms with van der Waals surface area (Å²) in [5, 5.41) is 0. The molecule has 1 fully saturated rings. The molecule has 0 saturated carbocycles. The normalized spacial score (nSPS) is 16.8. The highest BCUT2D eigenvalue weighted by molar-refractivity contribution is 5.86. The summed E-state index contributed by atoms with van der Waals surface area (Å²) in [5.41, 5.74) is 0.429. The van der Waals surface area contributed by atoms with Crippen LogP contribution in [0.5, 0.6) is 0 Å². The van der Waals surface area contributed by atoms with Crippen molar-refractivity contribution in [2.24, 2.45) is 0 Å². The van der Waals surface area contributed by atoms with E-state index >= 15 is 0 Å². The summed E-state index contributed by atoms with van der Waals surface area (Å²) >= 11 is 0. The summed E-state index contributed by atoms with van der Waals surface area (Å²) in [4.78, 5) is 13.5. The van der Waals surface area contributed by atoms with Crippen molar-refractivity contribution in [3.63, 3.8) is 0 Å². The van der Waals surface area contributed by atoms with E-state index in [1.54, 1.807) is 6.92 Å². The molecule has 0 aliphatic carbocycles. The van der Waals surface area contributed by atoms with Crippen LogP contribution in [0.3, 0.4) is 0 Å². The molecule has 0 atom stereocenters. The zero-order chi connectivity index (χ0) is 12.5. The maximum atomic E-state index is 11.0. The van der Waals surface area contributed by atoms with Crippen LogP contribution in [-0.2, 0) is 14.3 Å². The zero-order valence-corrected chi connectivity index (χ0v) is 10.7. The van der Waals surface area contributed by atoms with Crippen LogP contribution < -0.4 is 0 Å². The number of esters is 1. The van der Waals surface area contributed by atoms with Gasteiger partial charge in [0.2, 0.25) is 0 Å². The van der Waals surface area contributed by atoms with Gasteiger partial charge in [-0.05, 0) is 32.9 Å². The van der Waals surface area contributed by atoms with Crippen LogP contribution in [0.4, 0.5) is 0 Å². The number of nitrogens with zero attached hydrogens (tertiary/aromatic N) is 1. The SMILES string of the molecule is C=C(C)C(=O)OCCOCCN1CCCCC1. The fourth-order valence-electron chi connectivity index (χ4n) is 1.80. The van der Waals surface area contributed by atoms with Gasteiger partial charge in [-0.25, -0.2) is 4.79 Å². The third kappa shape index (κ3) is 6.44. The van der Waals surface area contributed by atoms with Gasteiger partial charge in [0.25, 0.3) is 0 Å². The first-order valence-electron chi connectivity index (χ1n) is 6.33. The second-order valence-corrected chi connectivity index (χ2v) is 4.43. The Bertz CT molecular complexity index is 247. The number of likely N-dealkylation sites (tertiary alicyclic amines) is 1. The second-order valence-electron chi connectivity index (χ2n) is 4.43. The lowest BCUT2D eigenvalue weighted by molar-refractivity contribution is -0.140. The lowest BCUT2D eigenvalue weighted by atomic mass is 10.1. The summed E-state index contributed by atoms with van der Waals surface area (Å²) in [5.74, 6) is -0.343. The van der Waals surface area contributed by atoms with Crippen molar-refractivity contribution in [1.29, 1.82) is 0 Å². The molecule has 1 aliphatic rings. The van der Waals surface area contributed by atoms with Crippen LogP contribution >= 0.6 is 0 Å². The van der Waals surface area contributed by atoms with Crippen LogP contribution in [0.1, 0.15) is 26.2 Å². The maximum Gasteiger partial charge on any atom is 0.333 e. The Morgan fingerprint density at radius 3 is 2.53 bits per heavy atom. The van der Waals surface area contributed by atoms with Gasteiger partial charge in [0, 0.05) is 12.1 Å². The third-order valence-electron chi connectivity index (χ3n) is 2.81. The number of carbonyl (C=O) groups excluding carboxylic acids is 1. The van der Waals surface area contributed by atoms with Gasteiger partial charge in [-0.2, -0.15) is 0 Å². The molecule has 1 heterocycles. The van der Waals surface area contributed by atoms with Crippen LogP contribution in [0.25, 0.3) is 0 Å². The molecule has 0 aromatic rings. The molecule has 1 rings (SSSR count). The lowest BCUT2D eigenvalue weighted by Gasteiger charge is -2.26. The van der Waals surface area contributed by atoms with Gasteiger partial charge in [-0.1, -0.05) is 13.0 Å². The molecule has 98 valence electrons. The fourth-order valence-corrected chi connectivity index (χ4v) is 1.80. The zero-order valence-electron chi connectivity index (χ0n) is 10.7. The highest BCUT2D eigenvalue weighted by atomic mass is 16.6. The summed E-state index contributed by atoms with van der Waals surface area (Å²) < 4.78 is 10.3. The first-order chi connectivity index (χ1) is 8.20. The summed E-state index contributed by atoms with van der Waals surface area (Å²) in [7, 11) is 0. The quantitative estimate of drug-likeness (QED) is 0.385. The maximum absolute atomic E-state index is 11.0. The molecule has 1 aliphatic heterocycles. The number of hydrogen-bond donors (Lipinski definition) is 0.